The van der Waals surface area contributed by atoms with Crippen molar-refractivity contribution >= 4 is 17.8 Å². The van der Waals surface area contributed by atoms with Gasteiger partial charge in [-0.1, -0.05) is 0 Å². The number of carbonyl (C=O) groups is 3. The molecule has 0 aromatic rings. The molecule has 1 saturated heterocycles. The van der Waals surface area contributed by atoms with E-state index in [1.54, 1.807) is 4.90 Å². The van der Waals surface area contributed by atoms with Crippen LogP contribution in [0.1, 0.15) is 19.3 Å². The van der Waals surface area contributed by atoms with E-state index in [1.165, 1.54) is 0 Å². The Hall–Kier alpha value is -1.75. The first-order valence-corrected chi connectivity index (χ1v) is 9.10. The molecule has 0 bridgehead atoms. The Kier molecular flexibility index (Phi) is 12.4. The Morgan fingerprint density at radius 3 is 1.78 bits per heavy atom. The van der Waals surface area contributed by atoms with E-state index in [4.69, 9.17) is 29.8 Å². The third kappa shape index (κ3) is 11.5. The lowest BCUT2D eigenvalue weighted by atomic mass is 10.1. The molecule has 156 valence electrons. The summed E-state index contributed by atoms with van der Waals surface area (Å²) in [4.78, 5) is 34.8. The normalized spacial score (nSPS) is 16.6. The molecule has 1 atom stereocenters. The zero-order chi connectivity index (χ0) is 19.9. The molecular weight excluding hydrogens is 360 g/mol. The molecule has 3 N–H and O–H groups in total. The summed E-state index contributed by atoms with van der Waals surface area (Å²) in [5, 5.41) is 8.92. The summed E-state index contributed by atoms with van der Waals surface area (Å²) < 4.78 is 21.1. The zero-order valence-corrected chi connectivity index (χ0v) is 15.6. The van der Waals surface area contributed by atoms with E-state index >= 15 is 0 Å². The maximum atomic E-state index is 11.9. The molecule has 1 unspecified atom stereocenters. The summed E-state index contributed by atoms with van der Waals surface area (Å²) in [6.45, 7) is 3.81. The van der Waals surface area contributed by atoms with E-state index in [9.17, 15) is 14.4 Å². The van der Waals surface area contributed by atoms with Crippen molar-refractivity contribution in [2.45, 2.75) is 19.3 Å². The largest absolute Gasteiger partial charge is 0.481 e. The third-order valence-corrected chi connectivity index (χ3v) is 3.96. The lowest BCUT2D eigenvalue weighted by Gasteiger charge is -2.15. The number of ether oxygens (including phenoxy) is 4. The van der Waals surface area contributed by atoms with Crippen molar-refractivity contribution in [3.8, 4) is 0 Å². The lowest BCUT2D eigenvalue weighted by Crippen LogP contribution is -2.30. The molecule has 1 aliphatic heterocycles. The number of carboxylic acid groups (broad SMARTS) is 1. The van der Waals surface area contributed by atoms with E-state index < -0.39 is 17.8 Å². The third-order valence-electron chi connectivity index (χ3n) is 3.96. The highest BCUT2D eigenvalue weighted by molar-refractivity contribution is 5.78. The molecule has 0 saturated carbocycles. The molecule has 0 aromatic carbocycles. The standard InChI is InChI=1S/C17H30N2O8/c18-15(20)2-5-24-7-9-26-11-12-27-10-8-25-6-3-16(21)19-4-1-14(13-19)17(22)23/h14H,1-13H2,(H2,18,20)(H,22,23). The van der Waals surface area contributed by atoms with Crippen LogP contribution < -0.4 is 5.73 Å². The summed E-state index contributed by atoms with van der Waals surface area (Å²) in [6, 6.07) is 0. The maximum absolute atomic E-state index is 11.9. The summed E-state index contributed by atoms with van der Waals surface area (Å²) in [7, 11) is 0. The molecule has 1 heterocycles. The summed E-state index contributed by atoms with van der Waals surface area (Å²) in [6.07, 6.45) is 0.956. The van der Waals surface area contributed by atoms with Crippen LogP contribution >= 0.6 is 0 Å². The van der Waals surface area contributed by atoms with Crippen molar-refractivity contribution in [2.24, 2.45) is 11.7 Å². The Labute approximate surface area is 158 Å². The second-order valence-corrected chi connectivity index (χ2v) is 6.08. The predicted molar refractivity (Wildman–Crippen MR) is 94.0 cm³/mol. The molecule has 1 rings (SSSR count). The molecule has 10 heteroatoms. The minimum Gasteiger partial charge on any atom is -0.481 e. The Morgan fingerprint density at radius 1 is 0.852 bits per heavy atom. The molecule has 0 radical (unpaired) electrons. The number of primary amides is 1. The highest BCUT2D eigenvalue weighted by atomic mass is 16.6. The number of carboxylic acids is 1. The van der Waals surface area contributed by atoms with Crippen LogP contribution in [0.25, 0.3) is 0 Å². The van der Waals surface area contributed by atoms with Crippen molar-refractivity contribution in [2.75, 3.05) is 65.9 Å². The van der Waals surface area contributed by atoms with Crippen LogP contribution in [-0.2, 0) is 33.3 Å². The van der Waals surface area contributed by atoms with Crippen LogP contribution in [0.15, 0.2) is 0 Å². The number of amides is 2. The van der Waals surface area contributed by atoms with Gasteiger partial charge in [-0.05, 0) is 6.42 Å². The minimum absolute atomic E-state index is 0.0777. The number of rotatable bonds is 16. The van der Waals surface area contributed by atoms with Crippen molar-refractivity contribution in [3.63, 3.8) is 0 Å². The van der Waals surface area contributed by atoms with E-state index in [1.807, 2.05) is 0 Å². The Morgan fingerprint density at radius 2 is 1.33 bits per heavy atom. The van der Waals surface area contributed by atoms with Crippen LogP contribution in [0.4, 0.5) is 0 Å². The van der Waals surface area contributed by atoms with Gasteiger partial charge in [0.05, 0.1) is 65.2 Å². The Bertz CT molecular complexity index is 460. The molecule has 1 fully saturated rings. The first kappa shape index (κ1) is 23.3. The summed E-state index contributed by atoms with van der Waals surface area (Å²) >= 11 is 0. The van der Waals surface area contributed by atoms with Gasteiger partial charge in [0.15, 0.2) is 0 Å². The van der Waals surface area contributed by atoms with E-state index in [2.05, 4.69) is 0 Å². The topological polar surface area (TPSA) is 138 Å². The molecule has 27 heavy (non-hydrogen) atoms. The number of aliphatic carboxylic acids is 1. The fourth-order valence-corrected chi connectivity index (χ4v) is 2.44. The number of nitrogens with zero attached hydrogens (tertiary/aromatic N) is 1. The van der Waals surface area contributed by atoms with Gasteiger partial charge < -0.3 is 34.7 Å². The SMILES string of the molecule is NC(=O)CCOCCOCCOCCOCCC(=O)N1CCC(C(=O)O)C1. The minimum atomic E-state index is -0.849. The molecule has 0 aromatic heterocycles. The van der Waals surface area contributed by atoms with Crippen LogP contribution in [0.2, 0.25) is 0 Å². The lowest BCUT2D eigenvalue weighted by molar-refractivity contribution is -0.141. The smallest absolute Gasteiger partial charge is 0.308 e. The summed E-state index contributed by atoms with van der Waals surface area (Å²) in [5.41, 5.74) is 4.97. The highest BCUT2D eigenvalue weighted by Crippen LogP contribution is 2.16. The van der Waals surface area contributed by atoms with E-state index in [0.29, 0.717) is 59.2 Å². The van der Waals surface area contributed by atoms with Crippen LogP contribution in [0.5, 0.6) is 0 Å². The fourth-order valence-electron chi connectivity index (χ4n) is 2.44. The van der Waals surface area contributed by atoms with Gasteiger partial charge in [-0.3, -0.25) is 14.4 Å². The van der Waals surface area contributed by atoms with Crippen LogP contribution in [0.3, 0.4) is 0 Å². The number of likely N-dealkylation sites (tertiary alicyclic amines) is 1. The fraction of sp³-hybridized carbons (Fsp3) is 0.824. The van der Waals surface area contributed by atoms with Gasteiger partial charge in [0, 0.05) is 19.5 Å². The van der Waals surface area contributed by atoms with Crippen molar-refractivity contribution in [1.29, 1.82) is 0 Å². The van der Waals surface area contributed by atoms with Gasteiger partial charge in [0.2, 0.25) is 11.8 Å². The van der Waals surface area contributed by atoms with E-state index in [0.717, 1.165) is 0 Å². The molecule has 2 amide bonds. The maximum Gasteiger partial charge on any atom is 0.308 e. The van der Waals surface area contributed by atoms with Gasteiger partial charge in [-0.15, -0.1) is 0 Å². The van der Waals surface area contributed by atoms with Crippen molar-refractivity contribution in [3.05, 3.63) is 0 Å². The monoisotopic (exact) mass is 390 g/mol. The zero-order valence-electron chi connectivity index (χ0n) is 15.6. The van der Waals surface area contributed by atoms with E-state index in [-0.39, 0.29) is 31.9 Å². The quantitative estimate of drug-likeness (QED) is 0.328. The molecule has 0 aliphatic carbocycles. The molecular formula is C17H30N2O8. The number of hydrogen-bond donors (Lipinski definition) is 2. The number of nitrogens with two attached hydrogens (primary N) is 1. The number of carbonyl (C=O) groups excluding carboxylic acids is 2. The highest BCUT2D eigenvalue weighted by Gasteiger charge is 2.30. The van der Waals surface area contributed by atoms with Gasteiger partial charge >= 0.3 is 5.97 Å². The average Bonchev–Trinajstić information content (AvgIpc) is 3.12. The summed E-state index contributed by atoms with van der Waals surface area (Å²) in [5.74, 6) is -1.77. The average molecular weight is 390 g/mol. The van der Waals surface area contributed by atoms with Crippen molar-refractivity contribution in [1.82, 2.24) is 4.90 Å². The van der Waals surface area contributed by atoms with Gasteiger partial charge in [0.1, 0.15) is 0 Å². The first-order valence-electron chi connectivity index (χ1n) is 9.10. The first-order chi connectivity index (χ1) is 13.0. The second-order valence-electron chi connectivity index (χ2n) is 6.08. The van der Waals surface area contributed by atoms with Gasteiger partial charge in [-0.25, -0.2) is 0 Å². The molecule has 0 spiro atoms. The van der Waals surface area contributed by atoms with Crippen molar-refractivity contribution < 1.29 is 38.4 Å². The predicted octanol–water partition coefficient (Wildman–Crippen LogP) is -0.749. The Balaban J connectivity index is 1.82. The molecule has 1 aliphatic rings. The van der Waals surface area contributed by atoms with Gasteiger partial charge in [0.25, 0.3) is 0 Å². The van der Waals surface area contributed by atoms with Crippen LogP contribution in [-0.4, -0.2) is 93.7 Å². The number of hydrogen-bond acceptors (Lipinski definition) is 7. The van der Waals surface area contributed by atoms with Gasteiger partial charge in [-0.2, -0.15) is 0 Å². The molecule has 10 nitrogen and oxygen atoms in total. The second kappa shape index (κ2) is 14.3. The van der Waals surface area contributed by atoms with Crippen LogP contribution in [0, 0.1) is 5.92 Å².